The van der Waals surface area contributed by atoms with Crippen LogP contribution >= 0.6 is 0 Å². The lowest BCUT2D eigenvalue weighted by Crippen LogP contribution is -2.46. The van der Waals surface area contributed by atoms with Crippen LogP contribution in [0.25, 0.3) is 0 Å². The van der Waals surface area contributed by atoms with E-state index >= 15 is 0 Å². The lowest BCUT2D eigenvalue weighted by atomic mass is 9.76. The number of piperidine rings is 1. The summed E-state index contributed by atoms with van der Waals surface area (Å²) < 4.78 is 4.99. The molecule has 3 amide bonds. The molecule has 29 heavy (non-hydrogen) atoms. The molecule has 0 aliphatic carbocycles. The van der Waals surface area contributed by atoms with Crippen LogP contribution in [0.5, 0.6) is 0 Å². The maximum Gasteiger partial charge on any atom is 0.255 e. The lowest BCUT2D eigenvalue weighted by Gasteiger charge is -2.37. The first kappa shape index (κ1) is 21.2. The average molecular weight is 402 g/mol. The van der Waals surface area contributed by atoms with Gasteiger partial charge in [-0.1, -0.05) is 0 Å². The van der Waals surface area contributed by atoms with Crippen LogP contribution in [0.2, 0.25) is 0 Å². The minimum absolute atomic E-state index is 0.0126. The minimum Gasteiger partial charge on any atom is -0.385 e. The molecule has 1 aromatic rings. The second kappa shape index (κ2) is 8.90. The molecular formula is C21H30N4O4. The second-order valence-corrected chi connectivity index (χ2v) is 8.03. The van der Waals surface area contributed by atoms with Gasteiger partial charge in [0.1, 0.15) is 6.04 Å². The number of hydrogen-bond donors (Lipinski definition) is 1. The van der Waals surface area contributed by atoms with Crippen LogP contribution in [0, 0.1) is 12.3 Å². The number of carbonyl (C=O) groups excluding carboxylic acids is 3. The molecule has 1 atom stereocenters. The van der Waals surface area contributed by atoms with Crippen molar-refractivity contribution in [2.45, 2.75) is 38.6 Å². The third-order valence-electron chi connectivity index (χ3n) is 6.12. The number of methoxy groups -OCH3 is 1. The summed E-state index contributed by atoms with van der Waals surface area (Å²) in [5.41, 5.74) is 0.881. The summed E-state index contributed by atoms with van der Waals surface area (Å²) in [6.45, 7) is 4.02. The van der Waals surface area contributed by atoms with Crippen molar-refractivity contribution >= 4 is 17.7 Å². The Labute approximate surface area is 171 Å². The van der Waals surface area contributed by atoms with Gasteiger partial charge in [-0.2, -0.15) is 0 Å². The summed E-state index contributed by atoms with van der Waals surface area (Å²) in [6, 6.07) is 3.16. The Kier molecular flexibility index (Phi) is 6.52. The molecule has 2 saturated heterocycles. The Morgan fingerprint density at radius 3 is 2.66 bits per heavy atom. The van der Waals surface area contributed by atoms with E-state index in [1.54, 1.807) is 36.2 Å². The van der Waals surface area contributed by atoms with Gasteiger partial charge in [-0.05, 0) is 44.7 Å². The Hall–Kier alpha value is -2.48. The van der Waals surface area contributed by atoms with Crippen molar-refractivity contribution in [2.75, 3.05) is 40.4 Å². The molecule has 1 aromatic heterocycles. The largest absolute Gasteiger partial charge is 0.385 e. The molecule has 8 nitrogen and oxygen atoms in total. The molecule has 0 radical (unpaired) electrons. The van der Waals surface area contributed by atoms with Crippen molar-refractivity contribution < 1.29 is 19.1 Å². The molecule has 8 heteroatoms. The van der Waals surface area contributed by atoms with Gasteiger partial charge in [-0.3, -0.25) is 19.4 Å². The highest BCUT2D eigenvalue weighted by molar-refractivity contribution is 5.96. The van der Waals surface area contributed by atoms with Gasteiger partial charge in [0, 0.05) is 52.3 Å². The van der Waals surface area contributed by atoms with Crippen molar-refractivity contribution in [1.29, 1.82) is 0 Å². The monoisotopic (exact) mass is 402 g/mol. The number of likely N-dealkylation sites (tertiary alicyclic amines) is 2. The molecule has 3 heterocycles. The molecule has 0 bridgehead atoms. The van der Waals surface area contributed by atoms with Crippen molar-refractivity contribution in [1.82, 2.24) is 20.1 Å². The van der Waals surface area contributed by atoms with E-state index < -0.39 is 11.5 Å². The van der Waals surface area contributed by atoms with E-state index in [9.17, 15) is 14.4 Å². The normalized spacial score (nSPS) is 20.9. The summed E-state index contributed by atoms with van der Waals surface area (Å²) in [4.78, 5) is 45.8. The second-order valence-electron chi connectivity index (χ2n) is 8.03. The first-order chi connectivity index (χ1) is 13.9. The highest BCUT2D eigenvalue weighted by Gasteiger charge is 2.53. The molecule has 2 aliphatic heterocycles. The summed E-state index contributed by atoms with van der Waals surface area (Å²) >= 11 is 0. The zero-order chi connectivity index (χ0) is 21.0. The minimum atomic E-state index is -0.550. The molecule has 3 rings (SSSR count). The fourth-order valence-electron chi connectivity index (χ4n) is 4.26. The first-order valence-corrected chi connectivity index (χ1v) is 10.1. The van der Waals surface area contributed by atoms with Crippen LogP contribution < -0.4 is 5.32 Å². The summed E-state index contributed by atoms with van der Waals surface area (Å²) in [6.07, 6.45) is 4.00. The number of ether oxygens (including phenoxy) is 1. The van der Waals surface area contributed by atoms with Crippen LogP contribution in [0.4, 0.5) is 0 Å². The van der Waals surface area contributed by atoms with E-state index in [4.69, 9.17) is 4.74 Å². The third-order valence-corrected chi connectivity index (χ3v) is 6.12. The fraction of sp³-hybridized carbons (Fsp3) is 0.619. The number of amides is 3. The van der Waals surface area contributed by atoms with Gasteiger partial charge in [0.25, 0.3) is 5.91 Å². The van der Waals surface area contributed by atoms with Crippen molar-refractivity contribution in [3.8, 4) is 0 Å². The quantitative estimate of drug-likeness (QED) is 0.717. The molecule has 1 spiro atoms. The number of aryl methyl sites for hydroxylation is 1. The molecule has 0 saturated carbocycles. The number of likely N-dealkylation sites (N-methyl/N-ethyl adjacent to an activating group) is 1. The summed E-state index contributed by atoms with van der Waals surface area (Å²) in [7, 11) is 3.33. The van der Waals surface area contributed by atoms with Crippen LogP contribution in [0.3, 0.4) is 0 Å². The van der Waals surface area contributed by atoms with Crippen LogP contribution in [0.15, 0.2) is 18.3 Å². The van der Waals surface area contributed by atoms with E-state index in [-0.39, 0.29) is 17.7 Å². The van der Waals surface area contributed by atoms with Gasteiger partial charge in [0.05, 0.1) is 11.0 Å². The molecule has 1 N–H and O–H groups in total. The van der Waals surface area contributed by atoms with E-state index in [1.165, 1.54) is 0 Å². The number of hydrogen-bond acceptors (Lipinski definition) is 5. The number of rotatable bonds is 6. The number of carbonyl (C=O) groups is 3. The van der Waals surface area contributed by atoms with E-state index in [0.717, 1.165) is 12.1 Å². The van der Waals surface area contributed by atoms with Gasteiger partial charge in [0.15, 0.2) is 0 Å². The van der Waals surface area contributed by atoms with Crippen LogP contribution in [-0.4, -0.2) is 78.9 Å². The predicted molar refractivity (Wildman–Crippen MR) is 107 cm³/mol. The fourth-order valence-corrected chi connectivity index (χ4v) is 4.26. The third kappa shape index (κ3) is 4.42. The molecular weight excluding hydrogens is 372 g/mol. The topological polar surface area (TPSA) is 91.8 Å². The van der Waals surface area contributed by atoms with Gasteiger partial charge in [0.2, 0.25) is 11.8 Å². The highest BCUT2D eigenvalue weighted by Crippen LogP contribution is 2.44. The number of nitrogens with zero attached hydrogens (tertiary/aromatic N) is 3. The van der Waals surface area contributed by atoms with Gasteiger partial charge in [-0.25, -0.2) is 0 Å². The standard InChI is InChI=1S/C21H30N4O4/c1-15-5-6-16(14-23-15)19(27)25-10-7-21(8-11-25)13-17(24(2)20(21)28)18(26)22-9-4-12-29-3/h5-6,14,17H,4,7-13H2,1-3H3,(H,22,26). The van der Waals surface area contributed by atoms with E-state index in [2.05, 4.69) is 10.3 Å². The molecule has 1 unspecified atom stereocenters. The molecule has 2 aliphatic rings. The Morgan fingerprint density at radius 2 is 2.03 bits per heavy atom. The SMILES string of the molecule is COCCCNC(=O)C1CC2(CCN(C(=O)c3ccc(C)nc3)CC2)C(=O)N1C. The molecule has 0 aromatic carbocycles. The Morgan fingerprint density at radius 1 is 1.31 bits per heavy atom. The summed E-state index contributed by atoms with van der Waals surface area (Å²) in [5.74, 6) is -0.157. The smallest absolute Gasteiger partial charge is 0.255 e. The lowest BCUT2D eigenvalue weighted by molar-refractivity contribution is -0.139. The maximum absolute atomic E-state index is 13.0. The number of nitrogens with one attached hydrogen (secondary N) is 1. The van der Waals surface area contributed by atoms with Gasteiger partial charge >= 0.3 is 0 Å². The predicted octanol–water partition coefficient (Wildman–Crippen LogP) is 0.996. The zero-order valence-corrected chi connectivity index (χ0v) is 17.4. The highest BCUT2D eigenvalue weighted by atomic mass is 16.5. The average Bonchev–Trinajstić information content (AvgIpc) is 2.97. The zero-order valence-electron chi connectivity index (χ0n) is 17.4. The Balaban J connectivity index is 1.59. The van der Waals surface area contributed by atoms with E-state index in [1.807, 2.05) is 13.0 Å². The first-order valence-electron chi connectivity index (χ1n) is 10.1. The number of aromatic nitrogens is 1. The molecule has 158 valence electrons. The maximum atomic E-state index is 13.0. The molecule has 2 fully saturated rings. The van der Waals surface area contributed by atoms with Crippen LogP contribution in [-0.2, 0) is 14.3 Å². The van der Waals surface area contributed by atoms with E-state index in [0.29, 0.717) is 51.1 Å². The van der Waals surface area contributed by atoms with Gasteiger partial charge in [-0.15, -0.1) is 0 Å². The van der Waals surface area contributed by atoms with Crippen molar-refractivity contribution in [3.63, 3.8) is 0 Å². The van der Waals surface area contributed by atoms with Crippen LogP contribution in [0.1, 0.15) is 41.7 Å². The summed E-state index contributed by atoms with van der Waals surface area (Å²) in [5, 5.41) is 2.90. The number of pyridine rings is 1. The van der Waals surface area contributed by atoms with Crippen molar-refractivity contribution in [3.05, 3.63) is 29.6 Å². The van der Waals surface area contributed by atoms with Crippen molar-refractivity contribution in [2.24, 2.45) is 5.41 Å². The van der Waals surface area contributed by atoms with Gasteiger partial charge < -0.3 is 19.9 Å². The Bertz CT molecular complexity index is 756.